The van der Waals surface area contributed by atoms with Crippen LogP contribution in [0.15, 0.2) is 12.4 Å². The van der Waals surface area contributed by atoms with E-state index in [-0.39, 0.29) is 0 Å². The molecule has 0 aromatic carbocycles. The van der Waals surface area contributed by atoms with Gasteiger partial charge in [0.1, 0.15) is 0 Å². The third kappa shape index (κ3) is 3.32. The normalized spacial score (nSPS) is 14.2. The number of ether oxygens (including phenoxy) is 1. The van der Waals surface area contributed by atoms with E-state index in [4.69, 9.17) is 4.74 Å². The zero-order valence-electron chi connectivity index (χ0n) is 9.90. The quantitative estimate of drug-likeness (QED) is 0.796. The molecular weight excluding hydrogens is 192 g/mol. The number of rotatable bonds is 5. The first kappa shape index (κ1) is 12.2. The maximum Gasteiger partial charge on any atom is 0.0880 e. The second kappa shape index (κ2) is 4.77. The predicted octanol–water partition coefficient (Wildman–Crippen LogP) is 1.14. The zero-order chi connectivity index (χ0) is 11.5. The van der Waals surface area contributed by atoms with Gasteiger partial charge in [-0.05, 0) is 32.3 Å². The number of methoxy groups -OCH3 is 1. The van der Waals surface area contributed by atoms with Crippen LogP contribution in [0.4, 0.5) is 0 Å². The molecule has 4 heteroatoms. The Morgan fingerprint density at radius 3 is 2.73 bits per heavy atom. The van der Waals surface area contributed by atoms with Gasteiger partial charge in [0.2, 0.25) is 0 Å². The van der Waals surface area contributed by atoms with Crippen LogP contribution >= 0.6 is 0 Å². The van der Waals surface area contributed by atoms with Gasteiger partial charge in [0, 0.05) is 20.4 Å². The van der Waals surface area contributed by atoms with Gasteiger partial charge >= 0.3 is 0 Å². The number of hydrogen-bond acceptors (Lipinski definition) is 3. The molecule has 1 aromatic rings. The fourth-order valence-electron chi connectivity index (χ4n) is 1.39. The van der Waals surface area contributed by atoms with Crippen LogP contribution in [0.25, 0.3) is 0 Å². The molecule has 1 N–H and O–H groups in total. The van der Waals surface area contributed by atoms with Crippen LogP contribution in [0.5, 0.6) is 0 Å². The highest BCUT2D eigenvalue weighted by molar-refractivity contribution is 5.04. The number of aliphatic hydroxyl groups excluding tert-OH is 1. The molecule has 15 heavy (non-hydrogen) atoms. The maximum atomic E-state index is 9.89. The Hall–Kier alpha value is -0.870. The molecule has 0 saturated heterocycles. The van der Waals surface area contributed by atoms with Crippen molar-refractivity contribution in [2.24, 2.45) is 7.05 Å². The van der Waals surface area contributed by atoms with E-state index in [0.717, 1.165) is 12.0 Å². The highest BCUT2D eigenvalue weighted by Gasteiger charge is 2.26. The summed E-state index contributed by atoms with van der Waals surface area (Å²) in [6.45, 7) is 3.78. The average molecular weight is 212 g/mol. The van der Waals surface area contributed by atoms with Gasteiger partial charge in [-0.2, -0.15) is 5.10 Å². The lowest BCUT2D eigenvalue weighted by Gasteiger charge is -2.28. The Labute approximate surface area is 90.9 Å². The first-order valence-corrected chi connectivity index (χ1v) is 5.16. The third-order valence-electron chi connectivity index (χ3n) is 2.79. The summed E-state index contributed by atoms with van der Waals surface area (Å²) in [7, 11) is 3.51. The second-order valence-electron chi connectivity index (χ2n) is 4.38. The summed E-state index contributed by atoms with van der Waals surface area (Å²) in [4.78, 5) is 0. The summed E-state index contributed by atoms with van der Waals surface area (Å²) in [5.74, 6) is 0. The number of aliphatic hydroxyl groups is 1. The van der Waals surface area contributed by atoms with Gasteiger partial charge in [0.25, 0.3) is 0 Å². The lowest BCUT2D eigenvalue weighted by atomic mass is 9.96. The van der Waals surface area contributed by atoms with Gasteiger partial charge in [-0.25, -0.2) is 0 Å². The number of nitrogens with zero attached hydrogens (tertiary/aromatic N) is 2. The van der Waals surface area contributed by atoms with Crippen LogP contribution in [0.3, 0.4) is 0 Å². The zero-order valence-corrected chi connectivity index (χ0v) is 9.90. The standard InChI is InChI=1S/C11H20N2O2/c1-11(2,15-4)10(14)6-5-9-7-12-13(3)8-9/h7-8,10,14H,5-6H2,1-4H3. The van der Waals surface area contributed by atoms with Crippen molar-refractivity contribution in [3.63, 3.8) is 0 Å². The van der Waals surface area contributed by atoms with Crippen molar-refractivity contribution < 1.29 is 9.84 Å². The van der Waals surface area contributed by atoms with Crippen molar-refractivity contribution in [3.8, 4) is 0 Å². The molecule has 0 fully saturated rings. The van der Waals surface area contributed by atoms with Gasteiger partial charge < -0.3 is 9.84 Å². The van der Waals surface area contributed by atoms with E-state index in [9.17, 15) is 5.11 Å². The largest absolute Gasteiger partial charge is 0.390 e. The van der Waals surface area contributed by atoms with Crippen molar-refractivity contribution in [1.29, 1.82) is 0 Å². The molecule has 1 heterocycles. The van der Waals surface area contributed by atoms with Crippen molar-refractivity contribution in [3.05, 3.63) is 18.0 Å². The molecule has 0 amide bonds. The van der Waals surface area contributed by atoms with E-state index >= 15 is 0 Å². The molecule has 4 nitrogen and oxygen atoms in total. The van der Waals surface area contributed by atoms with Gasteiger partial charge in [-0.3, -0.25) is 4.68 Å². The SMILES string of the molecule is COC(C)(C)C(O)CCc1cnn(C)c1. The summed E-state index contributed by atoms with van der Waals surface area (Å²) in [5.41, 5.74) is 0.658. The van der Waals surface area contributed by atoms with E-state index in [1.54, 1.807) is 11.8 Å². The molecule has 1 atom stereocenters. The first-order chi connectivity index (χ1) is 6.95. The molecule has 1 rings (SSSR count). The number of hydrogen-bond donors (Lipinski definition) is 1. The minimum atomic E-state index is -0.484. The van der Waals surface area contributed by atoms with Crippen molar-refractivity contribution >= 4 is 0 Å². The van der Waals surface area contributed by atoms with Crippen LogP contribution in [-0.4, -0.2) is 33.7 Å². The Balaban J connectivity index is 2.44. The molecule has 0 radical (unpaired) electrons. The predicted molar refractivity (Wildman–Crippen MR) is 58.6 cm³/mol. The molecule has 0 saturated carbocycles. The molecular formula is C11H20N2O2. The van der Waals surface area contributed by atoms with Crippen LogP contribution in [0.2, 0.25) is 0 Å². The van der Waals surface area contributed by atoms with Gasteiger partial charge in [-0.15, -0.1) is 0 Å². The topological polar surface area (TPSA) is 47.3 Å². The molecule has 0 aliphatic rings. The maximum absolute atomic E-state index is 9.89. The highest BCUT2D eigenvalue weighted by atomic mass is 16.5. The molecule has 0 aliphatic heterocycles. The van der Waals surface area contributed by atoms with E-state index in [2.05, 4.69) is 5.10 Å². The van der Waals surface area contributed by atoms with Crippen molar-refractivity contribution in [2.45, 2.75) is 38.4 Å². The summed E-state index contributed by atoms with van der Waals surface area (Å²) in [5, 5.41) is 14.0. The molecule has 0 spiro atoms. The summed E-state index contributed by atoms with van der Waals surface area (Å²) in [6.07, 6.45) is 4.84. The number of aryl methyl sites for hydroxylation is 2. The molecule has 86 valence electrons. The molecule has 0 aliphatic carbocycles. The minimum absolute atomic E-state index is 0.456. The van der Waals surface area contributed by atoms with Gasteiger partial charge in [0.15, 0.2) is 0 Å². The van der Waals surface area contributed by atoms with Crippen LogP contribution in [0.1, 0.15) is 25.8 Å². The smallest absolute Gasteiger partial charge is 0.0880 e. The van der Waals surface area contributed by atoms with E-state index in [0.29, 0.717) is 6.42 Å². The third-order valence-corrected chi connectivity index (χ3v) is 2.79. The summed E-state index contributed by atoms with van der Waals surface area (Å²) < 4.78 is 6.99. The van der Waals surface area contributed by atoms with E-state index in [1.165, 1.54) is 0 Å². The lowest BCUT2D eigenvalue weighted by molar-refractivity contribution is -0.0797. The fraction of sp³-hybridized carbons (Fsp3) is 0.727. The molecule has 1 aromatic heterocycles. The Bertz CT molecular complexity index is 307. The van der Waals surface area contributed by atoms with Crippen LogP contribution in [0, 0.1) is 0 Å². The average Bonchev–Trinajstić information content (AvgIpc) is 2.60. The molecule has 1 unspecified atom stereocenters. The van der Waals surface area contributed by atoms with Gasteiger partial charge in [-0.1, -0.05) is 0 Å². The summed E-state index contributed by atoms with van der Waals surface area (Å²) in [6, 6.07) is 0. The summed E-state index contributed by atoms with van der Waals surface area (Å²) >= 11 is 0. The molecule has 0 bridgehead atoms. The fourth-order valence-corrected chi connectivity index (χ4v) is 1.39. The van der Waals surface area contributed by atoms with Gasteiger partial charge in [0.05, 0.1) is 17.9 Å². The van der Waals surface area contributed by atoms with Crippen LogP contribution in [-0.2, 0) is 18.2 Å². The highest BCUT2D eigenvalue weighted by Crippen LogP contribution is 2.18. The first-order valence-electron chi connectivity index (χ1n) is 5.16. The Kier molecular flexibility index (Phi) is 3.88. The Morgan fingerprint density at radius 1 is 1.60 bits per heavy atom. The van der Waals surface area contributed by atoms with E-state index < -0.39 is 11.7 Å². The monoisotopic (exact) mass is 212 g/mol. The van der Waals surface area contributed by atoms with Crippen molar-refractivity contribution in [1.82, 2.24) is 9.78 Å². The second-order valence-corrected chi connectivity index (χ2v) is 4.38. The van der Waals surface area contributed by atoms with Crippen molar-refractivity contribution in [2.75, 3.05) is 7.11 Å². The van der Waals surface area contributed by atoms with E-state index in [1.807, 2.05) is 33.3 Å². The Morgan fingerprint density at radius 2 is 2.27 bits per heavy atom. The van der Waals surface area contributed by atoms with Crippen LogP contribution < -0.4 is 0 Å². The number of aromatic nitrogens is 2. The lowest BCUT2D eigenvalue weighted by Crippen LogP contribution is -2.38. The minimum Gasteiger partial charge on any atom is -0.390 e.